The van der Waals surface area contributed by atoms with Gasteiger partial charge >= 0.3 is 0 Å². The van der Waals surface area contributed by atoms with E-state index in [2.05, 4.69) is 20.1 Å². The lowest BCUT2D eigenvalue weighted by Gasteiger charge is -2.47. The van der Waals surface area contributed by atoms with E-state index < -0.39 is 24.1 Å². The van der Waals surface area contributed by atoms with E-state index >= 15 is 0 Å². The number of carbonyl (C=O) groups is 1. The van der Waals surface area contributed by atoms with Gasteiger partial charge in [0.2, 0.25) is 0 Å². The Morgan fingerprint density at radius 3 is 2.37 bits per heavy atom. The van der Waals surface area contributed by atoms with Gasteiger partial charge < -0.3 is 52.8 Å². The third-order valence-electron chi connectivity index (χ3n) is 13.9. The highest BCUT2D eigenvalue weighted by Gasteiger charge is 2.68. The molecular weight excluding hydrogens is 672 g/mol. The van der Waals surface area contributed by atoms with Gasteiger partial charge in [-0.15, -0.1) is 0 Å². The van der Waals surface area contributed by atoms with Crippen LogP contribution in [-0.4, -0.2) is 133 Å². The third kappa shape index (κ3) is 6.59. The second-order valence-corrected chi connectivity index (χ2v) is 17.4. The summed E-state index contributed by atoms with van der Waals surface area (Å²) in [6.45, 7) is 10.7. The van der Waals surface area contributed by atoms with Gasteiger partial charge in [0.1, 0.15) is 36.3 Å². The van der Waals surface area contributed by atoms with Gasteiger partial charge in [-0.05, 0) is 62.0 Å². The number of aliphatic hydroxyl groups excluding tert-OH is 2. The van der Waals surface area contributed by atoms with E-state index in [1.54, 1.807) is 7.11 Å². The molecule has 2 N–H and O–H groups in total. The summed E-state index contributed by atoms with van der Waals surface area (Å²) in [4.78, 5) is 14.0. The maximum Gasteiger partial charge on any atom is 0.172 e. The highest BCUT2D eigenvalue weighted by Crippen LogP contribution is 2.54. The van der Waals surface area contributed by atoms with Gasteiger partial charge in [-0.25, -0.2) is 0 Å². The van der Waals surface area contributed by atoms with Crippen LogP contribution in [0.15, 0.2) is 24.3 Å². The molecule has 0 aromatic rings. The lowest BCUT2D eigenvalue weighted by molar-refractivity contribution is -0.292. The standard InChI is InChI=1S/C40H58O12/c1-19-11-24-5-7-28-20(2)12-26(45-28)9-10-40-17-33-36(51-40)37-38(50-33)39(52-40)35-29(49-37)8-6-25(47-35)13-22(42)14-27-31(16-30(46-24)21(19)3)48-32(34(27)44-4)15-23(43)18-41/h19,23-39,41,43H,2-3,5-18H2,1,4H3/t19?,23?,24?,25?,26-,27?,28?,29?,30?,31?,32?,33?,34?,35?,36?,37?,38?,39?,40?/m0/s1. The van der Waals surface area contributed by atoms with E-state index in [0.29, 0.717) is 25.7 Å². The smallest absolute Gasteiger partial charge is 0.172 e. The van der Waals surface area contributed by atoms with E-state index in [-0.39, 0.29) is 123 Å². The molecular formula is C40H58O12. The summed E-state index contributed by atoms with van der Waals surface area (Å²) >= 11 is 0. The minimum atomic E-state index is -0.951. The molecule has 10 aliphatic heterocycles. The van der Waals surface area contributed by atoms with Crippen LogP contribution < -0.4 is 0 Å². The molecule has 0 aliphatic carbocycles. The van der Waals surface area contributed by atoms with Crippen molar-refractivity contribution in [3.8, 4) is 0 Å². The van der Waals surface area contributed by atoms with Crippen LogP contribution in [0.1, 0.15) is 90.4 Å². The molecule has 10 rings (SSSR count). The lowest BCUT2D eigenvalue weighted by atomic mass is 9.81. The van der Waals surface area contributed by atoms with Gasteiger partial charge in [-0.1, -0.05) is 20.1 Å². The van der Waals surface area contributed by atoms with E-state index in [0.717, 1.165) is 49.7 Å². The molecule has 0 radical (unpaired) electrons. The zero-order valence-corrected chi connectivity index (χ0v) is 30.7. The summed E-state index contributed by atoms with van der Waals surface area (Å²) in [5.74, 6) is -0.709. The van der Waals surface area contributed by atoms with Crippen molar-refractivity contribution in [1.29, 1.82) is 0 Å². The van der Waals surface area contributed by atoms with Crippen LogP contribution in [0.4, 0.5) is 0 Å². The number of Topliss-reactive ketones (excluding diaryl/α,β-unsaturated/α-hetero) is 1. The molecule has 19 atom stereocenters. The second-order valence-electron chi connectivity index (χ2n) is 17.4. The maximum atomic E-state index is 14.0. The van der Waals surface area contributed by atoms with Crippen molar-refractivity contribution in [1.82, 2.24) is 0 Å². The van der Waals surface area contributed by atoms with E-state index in [1.165, 1.54) is 0 Å². The second kappa shape index (κ2) is 14.3. The molecule has 290 valence electrons. The number of carbonyl (C=O) groups excluding carboxylic acids is 1. The summed E-state index contributed by atoms with van der Waals surface area (Å²) in [5, 5.41) is 20.1. The van der Waals surface area contributed by atoms with Crippen LogP contribution in [0.2, 0.25) is 0 Å². The number of fused-ring (bicyclic) bond motifs is 6. The van der Waals surface area contributed by atoms with E-state index in [4.69, 9.17) is 42.6 Å². The zero-order chi connectivity index (χ0) is 35.9. The van der Waals surface area contributed by atoms with Gasteiger partial charge in [0.05, 0.1) is 73.8 Å². The first-order chi connectivity index (χ1) is 25.1. The van der Waals surface area contributed by atoms with Crippen molar-refractivity contribution in [2.75, 3.05) is 13.7 Å². The molecule has 12 heteroatoms. The Bertz CT molecular complexity index is 1370. The van der Waals surface area contributed by atoms with Crippen molar-refractivity contribution in [3.05, 3.63) is 24.3 Å². The van der Waals surface area contributed by atoms with Crippen LogP contribution >= 0.6 is 0 Å². The fourth-order valence-electron chi connectivity index (χ4n) is 11.3. The van der Waals surface area contributed by atoms with Gasteiger partial charge in [0.25, 0.3) is 0 Å². The SMILES string of the molecule is C=C1C[C@@H]2CCC34CC5OC6C(OC7CCC(CC(=O)CC8C(CC9OC(CCC1O2)CC(C)C9=C)OC(CC(O)CO)C8OC)OC7C6O3)C5O4. The topological polar surface area (TPSA) is 141 Å². The molecule has 12 bridgehead atoms. The number of ketones is 1. The van der Waals surface area contributed by atoms with E-state index in [1.807, 2.05) is 0 Å². The molecule has 0 saturated carbocycles. The highest BCUT2D eigenvalue weighted by molar-refractivity contribution is 5.79. The first-order valence-electron chi connectivity index (χ1n) is 20.1. The average molecular weight is 731 g/mol. The molecule has 1 spiro atoms. The Morgan fingerprint density at radius 1 is 0.788 bits per heavy atom. The van der Waals surface area contributed by atoms with Gasteiger partial charge in [-0.2, -0.15) is 0 Å². The Hall–Kier alpha value is -1.29. The fourth-order valence-corrected chi connectivity index (χ4v) is 11.3. The van der Waals surface area contributed by atoms with Crippen molar-refractivity contribution in [2.45, 2.75) is 194 Å². The predicted octanol–water partition coefficient (Wildman–Crippen LogP) is 3.47. The minimum Gasteiger partial charge on any atom is -0.394 e. The summed E-state index contributed by atoms with van der Waals surface area (Å²) in [7, 11) is 1.63. The molecule has 0 amide bonds. The number of hydrogen-bond acceptors (Lipinski definition) is 12. The Labute approximate surface area is 306 Å². The molecule has 0 aromatic carbocycles. The van der Waals surface area contributed by atoms with Gasteiger partial charge in [-0.3, -0.25) is 4.79 Å². The fraction of sp³-hybridized carbons (Fsp3) is 0.875. The predicted molar refractivity (Wildman–Crippen MR) is 184 cm³/mol. The summed E-state index contributed by atoms with van der Waals surface area (Å²) < 4.78 is 59.8. The van der Waals surface area contributed by atoms with Crippen LogP contribution in [0.5, 0.6) is 0 Å². The number of aliphatic hydroxyl groups is 2. The minimum absolute atomic E-state index is 0.0260. The van der Waals surface area contributed by atoms with Gasteiger partial charge in [0.15, 0.2) is 5.79 Å². The summed E-state index contributed by atoms with van der Waals surface area (Å²) in [6.07, 6.45) is 4.01. The molecule has 18 unspecified atom stereocenters. The van der Waals surface area contributed by atoms with E-state index in [9.17, 15) is 15.0 Å². The van der Waals surface area contributed by atoms with Crippen molar-refractivity contribution in [2.24, 2.45) is 11.8 Å². The Kier molecular flexibility index (Phi) is 10.0. The quantitative estimate of drug-likeness (QED) is 0.410. The molecule has 0 aromatic heterocycles. The molecule has 10 aliphatic rings. The molecule has 10 heterocycles. The summed E-state index contributed by atoms with van der Waals surface area (Å²) in [5.41, 5.74) is 2.17. The number of hydrogen-bond donors (Lipinski definition) is 2. The maximum absolute atomic E-state index is 14.0. The van der Waals surface area contributed by atoms with Gasteiger partial charge in [0, 0.05) is 51.6 Å². The van der Waals surface area contributed by atoms with Crippen LogP contribution in [-0.2, 0) is 47.4 Å². The summed E-state index contributed by atoms with van der Waals surface area (Å²) in [6, 6.07) is 0. The first kappa shape index (κ1) is 36.4. The van der Waals surface area contributed by atoms with Crippen molar-refractivity contribution < 1.29 is 57.6 Å². The number of ether oxygens (including phenoxy) is 9. The Balaban J connectivity index is 0.994. The molecule has 10 fully saturated rings. The molecule has 52 heavy (non-hydrogen) atoms. The lowest BCUT2D eigenvalue weighted by Crippen LogP contribution is -2.61. The zero-order valence-electron chi connectivity index (χ0n) is 30.7. The monoisotopic (exact) mass is 730 g/mol. The largest absolute Gasteiger partial charge is 0.394 e. The van der Waals surface area contributed by atoms with Crippen LogP contribution in [0.3, 0.4) is 0 Å². The molecule has 12 nitrogen and oxygen atoms in total. The normalized spacial score (nSPS) is 52.4. The van der Waals surface area contributed by atoms with Crippen LogP contribution in [0.25, 0.3) is 0 Å². The van der Waals surface area contributed by atoms with Crippen molar-refractivity contribution >= 4 is 5.78 Å². The average Bonchev–Trinajstić information content (AvgIpc) is 3.79. The number of methoxy groups -OCH3 is 1. The van der Waals surface area contributed by atoms with Crippen LogP contribution in [0, 0.1) is 11.8 Å². The Morgan fingerprint density at radius 2 is 1.54 bits per heavy atom. The van der Waals surface area contributed by atoms with Crippen molar-refractivity contribution in [3.63, 3.8) is 0 Å². The number of rotatable bonds is 4. The third-order valence-corrected chi connectivity index (χ3v) is 13.9. The highest BCUT2D eigenvalue weighted by atomic mass is 16.8. The molecule has 10 saturated heterocycles. The first-order valence-corrected chi connectivity index (χ1v) is 20.1.